The fourth-order valence-electron chi connectivity index (χ4n) is 1.45. The van der Waals surface area contributed by atoms with Crippen LogP contribution in [0.3, 0.4) is 0 Å². The number of carbonyl (C=O) groups excluding carboxylic acids is 2. The summed E-state index contributed by atoms with van der Waals surface area (Å²) in [6.07, 6.45) is 0.864. The maximum atomic E-state index is 11.6. The van der Waals surface area contributed by atoms with E-state index in [1.807, 2.05) is 6.92 Å². The molecule has 0 saturated heterocycles. The van der Waals surface area contributed by atoms with E-state index in [-0.39, 0.29) is 32.1 Å². The van der Waals surface area contributed by atoms with Crippen molar-refractivity contribution in [1.29, 1.82) is 0 Å². The molecular formula is C12H26N4O9S2. The second-order valence-electron chi connectivity index (χ2n) is 5.18. The second kappa shape index (κ2) is 15.4. The molecule has 0 aromatic carbocycles. The minimum atomic E-state index is -4.04. The Morgan fingerprint density at radius 1 is 1.04 bits per heavy atom. The van der Waals surface area contributed by atoms with Crippen molar-refractivity contribution in [3.63, 3.8) is 0 Å². The quantitative estimate of drug-likeness (QED) is 0.150. The van der Waals surface area contributed by atoms with Crippen LogP contribution in [0, 0.1) is 0 Å². The average Bonchev–Trinajstić information content (AvgIpc) is 2.54. The van der Waals surface area contributed by atoms with Crippen LogP contribution in [0.15, 0.2) is 0 Å². The summed E-state index contributed by atoms with van der Waals surface area (Å²) in [5.41, 5.74) is 11.2. The Hall–Kier alpha value is -1.65. The van der Waals surface area contributed by atoms with Gasteiger partial charge >= 0.3 is 10.6 Å². The maximum Gasteiger partial charge on any atom is 0.425 e. The maximum absolute atomic E-state index is 11.6. The number of ether oxygens (including phenoxy) is 1. The molecule has 2 amide bonds. The van der Waals surface area contributed by atoms with Gasteiger partial charge in [0.15, 0.2) is 0 Å². The van der Waals surface area contributed by atoms with E-state index >= 15 is 0 Å². The van der Waals surface area contributed by atoms with Gasteiger partial charge < -0.3 is 26.8 Å². The smallest absolute Gasteiger partial charge is 0.377 e. The highest BCUT2D eigenvalue weighted by molar-refractivity contribution is 7.85. The average molecular weight is 434 g/mol. The van der Waals surface area contributed by atoms with Crippen molar-refractivity contribution in [3.05, 3.63) is 0 Å². The number of hydrogen-bond acceptors (Lipinski definition) is 10. The van der Waals surface area contributed by atoms with E-state index in [1.165, 1.54) is 0 Å². The first-order valence-corrected chi connectivity index (χ1v) is 10.4. The van der Waals surface area contributed by atoms with Crippen LogP contribution in [-0.2, 0) is 35.1 Å². The van der Waals surface area contributed by atoms with Gasteiger partial charge in [0.25, 0.3) is 10.1 Å². The van der Waals surface area contributed by atoms with Crippen LogP contribution in [0.25, 0.3) is 0 Å². The molecule has 2 atom stereocenters. The number of rotatable bonds is 12. The molecule has 0 bridgehead atoms. The van der Waals surface area contributed by atoms with Crippen LogP contribution in [-0.4, -0.2) is 81.6 Å². The Labute approximate surface area is 159 Å². The molecule has 0 aromatic heterocycles. The normalized spacial score (nSPS) is 12.9. The third-order valence-electron chi connectivity index (χ3n) is 2.70. The molecule has 0 heterocycles. The van der Waals surface area contributed by atoms with E-state index in [0.717, 1.165) is 6.42 Å². The Morgan fingerprint density at radius 2 is 1.44 bits per heavy atom. The summed E-state index contributed by atoms with van der Waals surface area (Å²) in [6, 6.07) is -1.81. The zero-order valence-electron chi connectivity index (χ0n) is 14.8. The molecular weight excluding hydrogens is 408 g/mol. The highest BCUT2D eigenvalue weighted by atomic mass is 32.2. The summed E-state index contributed by atoms with van der Waals surface area (Å²) in [5, 5.41) is 5.03. The summed E-state index contributed by atoms with van der Waals surface area (Å²) in [7, 11) is -7.15. The molecule has 0 aromatic rings. The number of amides is 2. The van der Waals surface area contributed by atoms with Crippen LogP contribution in [0.1, 0.15) is 19.8 Å². The lowest BCUT2D eigenvalue weighted by molar-refractivity contribution is -0.124. The van der Waals surface area contributed by atoms with E-state index in [9.17, 15) is 18.0 Å². The molecule has 0 aliphatic carbocycles. The van der Waals surface area contributed by atoms with Gasteiger partial charge in [0.2, 0.25) is 11.8 Å². The number of carbonyl (C=O) groups is 2. The Morgan fingerprint density at radius 3 is 1.81 bits per heavy atom. The lowest BCUT2D eigenvalue weighted by atomic mass is 10.3. The van der Waals surface area contributed by atoms with Gasteiger partial charge in [-0.25, -0.2) is 0 Å². The first-order valence-electron chi connectivity index (χ1n) is 7.76. The van der Waals surface area contributed by atoms with Gasteiger partial charge in [-0.05, 0) is 12.8 Å². The first kappa shape index (κ1) is 27.6. The van der Waals surface area contributed by atoms with Gasteiger partial charge in [-0.1, -0.05) is 6.92 Å². The molecule has 0 radical (unpaired) electrons. The third kappa shape index (κ3) is 20.5. The van der Waals surface area contributed by atoms with Crippen LogP contribution in [0.4, 0.5) is 0 Å². The van der Waals surface area contributed by atoms with Gasteiger partial charge in [0, 0.05) is 13.1 Å². The molecule has 160 valence electrons. The highest BCUT2D eigenvalue weighted by Gasteiger charge is 2.17. The van der Waals surface area contributed by atoms with Crippen LogP contribution in [0.5, 0.6) is 0 Å². The number of hydrogen-bond donors (Lipinski definition) is 5. The highest BCUT2D eigenvalue weighted by Crippen LogP contribution is 1.90. The van der Waals surface area contributed by atoms with Crippen molar-refractivity contribution in [2.24, 2.45) is 11.5 Å². The predicted octanol–water partition coefficient (Wildman–Crippen LogP) is -3.43. The van der Waals surface area contributed by atoms with Crippen molar-refractivity contribution in [2.75, 3.05) is 32.1 Å². The molecule has 13 nitrogen and oxygen atoms in total. The van der Waals surface area contributed by atoms with Crippen LogP contribution >= 0.6 is 0 Å². The zero-order chi connectivity index (χ0) is 21.5. The first-order chi connectivity index (χ1) is 12.4. The summed E-state index contributed by atoms with van der Waals surface area (Å²) < 4.78 is 60.0. The molecule has 7 N–H and O–H groups in total. The van der Waals surface area contributed by atoms with Gasteiger partial charge in [0.1, 0.15) is 12.1 Å². The van der Waals surface area contributed by atoms with E-state index in [2.05, 4.69) is 10.6 Å². The van der Waals surface area contributed by atoms with Gasteiger partial charge in [0.05, 0.1) is 19.0 Å². The second-order valence-corrected chi connectivity index (χ2v) is 7.16. The van der Waals surface area contributed by atoms with E-state index in [0.29, 0.717) is 6.54 Å². The largest absolute Gasteiger partial charge is 0.425 e. The number of nitrogens with two attached hydrogens (primary N) is 2. The van der Waals surface area contributed by atoms with Gasteiger partial charge in [-0.15, -0.1) is 12.6 Å². The molecule has 15 heteroatoms. The van der Waals surface area contributed by atoms with Crippen LogP contribution in [0.2, 0.25) is 0 Å². The molecule has 0 aliphatic rings. The third-order valence-corrected chi connectivity index (χ3v) is 3.50. The minimum absolute atomic E-state index is 0.0608. The van der Waals surface area contributed by atoms with E-state index in [4.69, 9.17) is 33.4 Å². The molecule has 0 spiro atoms. The fraction of sp³-hybridized carbons (Fsp3) is 0.833. The van der Waals surface area contributed by atoms with Crippen molar-refractivity contribution in [1.82, 2.24) is 10.6 Å². The topological polar surface area (TPSA) is 225 Å². The summed E-state index contributed by atoms with van der Waals surface area (Å²) in [4.78, 5) is 23.1. The van der Waals surface area contributed by atoms with Crippen molar-refractivity contribution >= 4 is 32.5 Å². The molecule has 27 heavy (non-hydrogen) atoms. The Kier molecular flexibility index (Phi) is 15.7. The van der Waals surface area contributed by atoms with Crippen molar-refractivity contribution < 1.29 is 39.9 Å². The monoisotopic (exact) mass is 434 g/mol. The molecule has 2 unspecified atom stereocenters. The summed E-state index contributed by atoms with van der Waals surface area (Å²) in [6.45, 7) is 2.30. The zero-order valence-corrected chi connectivity index (χ0v) is 16.4. The lowest BCUT2D eigenvalue weighted by Crippen LogP contribution is -2.47. The Bertz CT molecular complexity index is 645. The fourth-order valence-corrected chi connectivity index (χ4v) is 1.96. The SMILES string of the molecule is CCCNC(=O)C(N)COCC(N)C(=O)NCCCS(=O)(=O)O.O=S(=O)=O. The van der Waals surface area contributed by atoms with E-state index < -0.39 is 44.5 Å². The van der Waals surface area contributed by atoms with Gasteiger partial charge in [-0.2, -0.15) is 8.42 Å². The molecule has 0 aliphatic heterocycles. The van der Waals surface area contributed by atoms with Crippen molar-refractivity contribution in [2.45, 2.75) is 31.8 Å². The molecule has 0 fully saturated rings. The lowest BCUT2D eigenvalue weighted by Gasteiger charge is -2.15. The number of nitrogens with one attached hydrogen (secondary N) is 2. The minimum Gasteiger partial charge on any atom is -0.377 e. The standard InChI is InChI=1S/C12H26N4O6S.O3S/c1-2-4-15-11(17)9(13)7-22-8-10(14)12(18)16-5-3-6-23(19,20)21;1-4(2)3/h9-10H,2-8,13-14H2,1H3,(H,15,17)(H,16,18)(H,19,20,21);. The van der Waals surface area contributed by atoms with Crippen LogP contribution < -0.4 is 22.1 Å². The van der Waals surface area contributed by atoms with Gasteiger partial charge in [-0.3, -0.25) is 14.1 Å². The van der Waals surface area contributed by atoms with E-state index in [1.54, 1.807) is 0 Å². The summed E-state index contributed by atoms with van der Waals surface area (Å²) in [5.74, 6) is -1.31. The summed E-state index contributed by atoms with van der Waals surface area (Å²) >= 11 is 0. The Balaban J connectivity index is 0. The predicted molar refractivity (Wildman–Crippen MR) is 93.8 cm³/mol. The van der Waals surface area contributed by atoms with Crippen molar-refractivity contribution in [3.8, 4) is 0 Å². The molecule has 0 rings (SSSR count). The molecule has 0 saturated carbocycles.